The fraction of sp³-hybridized carbons (Fsp3) is 0.368. The number of pyridine rings is 1. The maximum atomic E-state index is 12.2. The van der Waals surface area contributed by atoms with Gasteiger partial charge >= 0.3 is 13.2 Å². The third-order valence-corrected chi connectivity index (χ3v) is 4.81. The van der Waals surface area contributed by atoms with Crippen LogP contribution in [0.1, 0.15) is 33.3 Å². The Morgan fingerprint density at radius 1 is 1.12 bits per heavy atom. The van der Waals surface area contributed by atoms with E-state index in [1.807, 2.05) is 58.0 Å². The second kappa shape index (κ2) is 7.09. The molecule has 2 heterocycles. The molecule has 26 heavy (non-hydrogen) atoms. The van der Waals surface area contributed by atoms with Crippen LogP contribution in [0.2, 0.25) is 0 Å². The first-order valence-corrected chi connectivity index (χ1v) is 8.56. The van der Waals surface area contributed by atoms with E-state index >= 15 is 0 Å². The number of amides is 1. The number of anilines is 1. The summed E-state index contributed by atoms with van der Waals surface area (Å²) < 4.78 is 17.4. The van der Waals surface area contributed by atoms with Crippen molar-refractivity contribution < 1.29 is 18.8 Å². The molecular weight excluding hydrogens is 331 g/mol. The number of ether oxygens (including phenoxy) is 1. The van der Waals surface area contributed by atoms with Gasteiger partial charge < -0.3 is 14.0 Å². The highest BCUT2D eigenvalue weighted by Crippen LogP contribution is 2.36. The summed E-state index contributed by atoms with van der Waals surface area (Å²) in [5, 5.41) is 2.73. The summed E-state index contributed by atoms with van der Waals surface area (Å²) in [5.74, 6) is 0. The van der Waals surface area contributed by atoms with Crippen molar-refractivity contribution in [2.45, 2.75) is 45.5 Å². The van der Waals surface area contributed by atoms with Crippen molar-refractivity contribution in [1.29, 1.82) is 0 Å². The third kappa shape index (κ3) is 3.89. The van der Waals surface area contributed by atoms with Crippen molar-refractivity contribution in [2.24, 2.45) is 0 Å². The molecule has 0 unspecified atom stereocenters. The number of carbonyl (C=O) groups is 1. The average molecular weight is 354 g/mol. The maximum Gasteiger partial charge on any atom is 0.497 e. The Labute approximate surface area is 154 Å². The molecule has 0 radical (unpaired) electrons. The maximum absolute atomic E-state index is 12.2. The minimum absolute atomic E-state index is 0.193. The summed E-state index contributed by atoms with van der Waals surface area (Å²) >= 11 is 0. The van der Waals surface area contributed by atoms with E-state index in [1.54, 1.807) is 18.5 Å². The van der Waals surface area contributed by atoms with Crippen LogP contribution in [0.25, 0.3) is 0 Å². The van der Waals surface area contributed by atoms with E-state index in [4.69, 9.17) is 14.0 Å². The van der Waals surface area contributed by atoms with Crippen molar-refractivity contribution in [3.8, 4) is 0 Å². The Morgan fingerprint density at radius 3 is 2.42 bits per heavy atom. The lowest BCUT2D eigenvalue weighted by Crippen LogP contribution is -2.41. The van der Waals surface area contributed by atoms with Crippen LogP contribution in [0.4, 0.5) is 10.5 Å². The van der Waals surface area contributed by atoms with Gasteiger partial charge in [-0.3, -0.25) is 10.3 Å². The van der Waals surface area contributed by atoms with Crippen molar-refractivity contribution in [3.63, 3.8) is 0 Å². The van der Waals surface area contributed by atoms with Crippen LogP contribution in [-0.2, 0) is 20.7 Å². The molecular formula is C19H23BN2O4. The summed E-state index contributed by atoms with van der Waals surface area (Å²) in [5.41, 5.74) is 1.19. The van der Waals surface area contributed by atoms with Gasteiger partial charge in [0.15, 0.2) is 0 Å². The van der Waals surface area contributed by atoms with E-state index < -0.39 is 24.4 Å². The normalized spacial score (nSPS) is 17.8. The zero-order valence-electron chi connectivity index (χ0n) is 15.5. The van der Waals surface area contributed by atoms with Gasteiger partial charge in [0.05, 0.1) is 23.1 Å². The molecule has 1 aromatic heterocycles. The number of rotatable bonds is 4. The average Bonchev–Trinajstić information content (AvgIpc) is 2.82. The fourth-order valence-electron chi connectivity index (χ4n) is 2.55. The second-order valence-corrected chi connectivity index (χ2v) is 7.24. The molecule has 1 amide bonds. The molecule has 0 saturated carbocycles. The molecule has 1 fully saturated rings. The molecule has 1 saturated heterocycles. The number of hydrogen-bond donors (Lipinski definition) is 1. The number of carbonyl (C=O) groups excluding carboxylic acids is 1. The predicted molar refractivity (Wildman–Crippen MR) is 100 cm³/mol. The second-order valence-electron chi connectivity index (χ2n) is 7.24. The van der Waals surface area contributed by atoms with E-state index in [9.17, 15) is 4.79 Å². The van der Waals surface area contributed by atoms with Gasteiger partial charge in [0.1, 0.15) is 6.61 Å². The summed E-state index contributed by atoms with van der Waals surface area (Å²) in [4.78, 5) is 16.2. The number of aromatic nitrogens is 1. The highest BCUT2D eigenvalue weighted by Gasteiger charge is 2.52. The molecule has 6 nitrogen and oxygen atoms in total. The molecule has 1 aromatic carbocycles. The van der Waals surface area contributed by atoms with E-state index in [0.717, 1.165) is 5.56 Å². The molecule has 7 heteroatoms. The van der Waals surface area contributed by atoms with Crippen molar-refractivity contribution in [2.75, 3.05) is 5.32 Å². The first-order valence-electron chi connectivity index (χ1n) is 8.56. The fourth-order valence-corrected chi connectivity index (χ4v) is 2.55. The lowest BCUT2D eigenvalue weighted by atomic mass is 9.78. The standard InChI is InChI=1S/C19H23BN2O4/c1-18(2)19(3,4)26-20(25-18)15-10-11-21-12-16(15)22-17(23)24-13-14-8-6-5-7-9-14/h5-12H,13H2,1-4H3,(H,22,23). The smallest absolute Gasteiger partial charge is 0.444 e. The Hall–Kier alpha value is -2.38. The van der Waals surface area contributed by atoms with E-state index in [-0.39, 0.29) is 6.61 Å². The molecule has 3 rings (SSSR count). The monoisotopic (exact) mass is 354 g/mol. The van der Waals surface area contributed by atoms with Crippen LogP contribution in [0.15, 0.2) is 48.8 Å². The van der Waals surface area contributed by atoms with Gasteiger partial charge in [-0.05, 0) is 39.3 Å². The molecule has 0 bridgehead atoms. The van der Waals surface area contributed by atoms with Gasteiger partial charge in [0.2, 0.25) is 0 Å². The number of hydrogen-bond acceptors (Lipinski definition) is 5. The molecule has 1 aliphatic rings. The molecule has 1 aliphatic heterocycles. The highest BCUT2D eigenvalue weighted by molar-refractivity contribution is 6.64. The summed E-state index contributed by atoms with van der Waals surface area (Å²) in [7, 11) is -0.590. The number of nitrogens with zero attached hydrogens (tertiary/aromatic N) is 1. The quantitative estimate of drug-likeness (QED) is 0.855. The van der Waals surface area contributed by atoms with E-state index in [1.165, 1.54) is 0 Å². The Bertz CT molecular complexity index is 764. The number of benzene rings is 1. The van der Waals surface area contributed by atoms with Crippen molar-refractivity contribution in [1.82, 2.24) is 4.98 Å². The summed E-state index contributed by atoms with van der Waals surface area (Å²) in [6.07, 6.45) is 2.64. The van der Waals surface area contributed by atoms with Crippen molar-refractivity contribution >= 4 is 24.4 Å². The van der Waals surface area contributed by atoms with Gasteiger partial charge in [-0.1, -0.05) is 30.3 Å². The molecule has 136 valence electrons. The summed E-state index contributed by atoms with van der Waals surface area (Å²) in [6.45, 7) is 8.12. The first kappa shape index (κ1) is 18.4. The van der Waals surface area contributed by atoms with Crippen molar-refractivity contribution in [3.05, 3.63) is 54.4 Å². The predicted octanol–water partition coefficient (Wildman–Crippen LogP) is 3.13. The van der Waals surface area contributed by atoms with Gasteiger partial charge in [-0.15, -0.1) is 0 Å². The molecule has 2 aromatic rings. The van der Waals surface area contributed by atoms with E-state index in [0.29, 0.717) is 11.2 Å². The summed E-state index contributed by atoms with van der Waals surface area (Å²) in [6, 6.07) is 11.3. The Kier molecular flexibility index (Phi) is 5.02. The van der Waals surface area contributed by atoms with E-state index in [2.05, 4.69) is 10.3 Å². The minimum atomic E-state index is -0.590. The zero-order valence-corrected chi connectivity index (χ0v) is 15.5. The topological polar surface area (TPSA) is 69.7 Å². The van der Waals surface area contributed by atoms with Crippen LogP contribution in [0, 0.1) is 0 Å². The molecule has 0 aliphatic carbocycles. The zero-order chi connectivity index (χ0) is 18.8. The Balaban J connectivity index is 1.69. The first-order chi connectivity index (χ1) is 12.3. The lowest BCUT2D eigenvalue weighted by molar-refractivity contribution is 0.00578. The van der Waals surface area contributed by atoms with Gasteiger partial charge in [-0.25, -0.2) is 4.79 Å². The molecule has 1 N–H and O–H groups in total. The van der Waals surface area contributed by atoms with Gasteiger partial charge in [0.25, 0.3) is 0 Å². The molecule has 0 spiro atoms. The third-order valence-electron chi connectivity index (χ3n) is 4.81. The highest BCUT2D eigenvalue weighted by atomic mass is 16.7. The van der Waals surface area contributed by atoms with Crippen LogP contribution in [0.3, 0.4) is 0 Å². The van der Waals surface area contributed by atoms with Crippen LogP contribution in [-0.4, -0.2) is 29.4 Å². The molecule has 0 atom stereocenters. The Morgan fingerprint density at radius 2 is 1.77 bits per heavy atom. The lowest BCUT2D eigenvalue weighted by Gasteiger charge is -2.32. The number of nitrogens with one attached hydrogen (secondary N) is 1. The van der Waals surface area contributed by atoms with Gasteiger partial charge in [0, 0.05) is 11.7 Å². The minimum Gasteiger partial charge on any atom is -0.444 e. The SMILES string of the molecule is CC1(C)OB(c2ccncc2NC(=O)OCc2ccccc2)OC1(C)C. The largest absolute Gasteiger partial charge is 0.497 e. The van der Waals surface area contributed by atoms with Crippen LogP contribution in [0.5, 0.6) is 0 Å². The van der Waals surface area contributed by atoms with Gasteiger partial charge in [-0.2, -0.15) is 0 Å². The van der Waals surface area contributed by atoms with Crippen LogP contribution < -0.4 is 10.8 Å². The van der Waals surface area contributed by atoms with Crippen LogP contribution >= 0.6 is 0 Å².